The number of alkyl halides is 3. The zero-order valence-corrected chi connectivity index (χ0v) is 46.1. The number of nitrogen functional groups attached to an aromatic ring is 2. The number of hydrogen-bond acceptors (Lipinski definition) is 14. The molecule has 0 aliphatic heterocycles. The fourth-order valence-corrected chi connectivity index (χ4v) is 9.93. The van der Waals surface area contributed by atoms with E-state index < -0.39 is 19.0 Å². The Morgan fingerprint density at radius 2 is 1.14 bits per heavy atom. The number of fused-ring (bicyclic) bond motifs is 2. The summed E-state index contributed by atoms with van der Waals surface area (Å²) in [5.41, 5.74) is 18.8. The Labute approximate surface area is 420 Å². The molecular formula is C41H58Br3Cl3N12O4P2. The lowest BCUT2D eigenvalue weighted by atomic mass is 10.1. The number of imidazole rings is 2. The van der Waals surface area contributed by atoms with Crippen molar-refractivity contribution in [2.75, 3.05) is 61.7 Å². The molecule has 6 rings (SSSR count). The van der Waals surface area contributed by atoms with E-state index in [-0.39, 0.29) is 0 Å². The van der Waals surface area contributed by atoms with Crippen molar-refractivity contribution >= 4 is 140 Å². The van der Waals surface area contributed by atoms with Crippen LogP contribution in [0.3, 0.4) is 0 Å². The number of rotatable bonds is 20. The lowest BCUT2D eigenvalue weighted by molar-refractivity contribution is 0.335. The minimum absolute atomic E-state index is 0.343. The van der Waals surface area contributed by atoms with Crippen molar-refractivity contribution in [2.24, 2.45) is 0 Å². The van der Waals surface area contributed by atoms with E-state index >= 15 is 0 Å². The van der Waals surface area contributed by atoms with Crippen LogP contribution in [0.15, 0.2) is 59.6 Å². The first kappa shape index (κ1) is 56.8. The van der Waals surface area contributed by atoms with E-state index in [4.69, 9.17) is 55.3 Å². The van der Waals surface area contributed by atoms with E-state index in [1.165, 1.54) is 0 Å². The summed E-state index contributed by atoms with van der Waals surface area (Å²) in [5.74, 6) is 1.73. The summed E-state index contributed by atoms with van der Waals surface area (Å²) in [5, 5.41) is 6.44. The standard InChI is InChI=1S/C20H28BrN6O2P.C20H29N6O2P.CHCl3.Br2/c1-4-6-10-23-20-25-17(22)16-18(26-20)27(19(21)24-16)12-14-8-7-9-15(11-14)13-30(3,28)29-5-2;1-4-6-10-22-20-24-18(21)17-19(25-20)26(14-23-17)12-15-8-7-9-16(11-15)13-29(3,27)28-5-2;2-1(3)4;1-2/h7-9,11H,4-6,10,12-13H2,1-3H3,(H3,22,23,25,26);7-9,11,14H,4-6,10,12-13H2,1-3H3,(H3,21,22,24,25);1H;. The van der Waals surface area contributed by atoms with E-state index in [2.05, 4.69) is 98.6 Å². The van der Waals surface area contributed by atoms with Gasteiger partial charge in [-0.15, -0.1) is 0 Å². The minimum Gasteiger partial charge on any atom is -0.382 e. The molecule has 4 aromatic heterocycles. The Balaban J connectivity index is 0.000000308. The molecule has 0 fully saturated rings. The highest BCUT2D eigenvalue weighted by atomic mass is 80.9. The highest BCUT2D eigenvalue weighted by Gasteiger charge is 2.19. The molecule has 2 atom stereocenters. The van der Waals surface area contributed by atoms with Crippen molar-refractivity contribution < 1.29 is 18.2 Å². The van der Waals surface area contributed by atoms with Crippen LogP contribution in [0.2, 0.25) is 0 Å². The smallest absolute Gasteiger partial charge is 0.226 e. The predicted molar refractivity (Wildman–Crippen MR) is 282 cm³/mol. The van der Waals surface area contributed by atoms with Crippen molar-refractivity contribution in [3.05, 3.63) is 81.8 Å². The van der Waals surface area contributed by atoms with Gasteiger partial charge in [-0.3, -0.25) is 13.7 Å². The van der Waals surface area contributed by atoms with Crippen LogP contribution in [0.5, 0.6) is 0 Å². The molecule has 0 radical (unpaired) electrons. The van der Waals surface area contributed by atoms with Gasteiger partial charge in [0.15, 0.2) is 37.5 Å². The first-order valence-corrected chi connectivity index (χ1v) is 31.1. The highest BCUT2D eigenvalue weighted by Crippen LogP contribution is 2.47. The molecule has 0 spiro atoms. The molecule has 0 amide bonds. The molecule has 2 aromatic carbocycles. The van der Waals surface area contributed by atoms with Gasteiger partial charge in [-0.05, 0) is 64.9 Å². The van der Waals surface area contributed by atoms with Gasteiger partial charge in [-0.25, -0.2) is 9.97 Å². The van der Waals surface area contributed by atoms with Crippen molar-refractivity contribution in [3.63, 3.8) is 0 Å². The molecule has 0 saturated heterocycles. The zero-order valence-electron chi connectivity index (χ0n) is 37.3. The lowest BCUT2D eigenvalue weighted by Gasteiger charge is -2.14. The topological polar surface area (TPSA) is 216 Å². The Hall–Kier alpha value is -2.57. The molecule has 4 heterocycles. The molecule has 65 heavy (non-hydrogen) atoms. The van der Waals surface area contributed by atoms with Crippen molar-refractivity contribution in [3.8, 4) is 0 Å². The van der Waals surface area contributed by atoms with Crippen LogP contribution in [0.25, 0.3) is 22.3 Å². The molecule has 24 heteroatoms. The van der Waals surface area contributed by atoms with Gasteiger partial charge in [-0.1, -0.05) is 110 Å². The van der Waals surface area contributed by atoms with Crippen LogP contribution in [-0.2, 0) is 43.6 Å². The summed E-state index contributed by atoms with van der Waals surface area (Å²) in [7, 11) is -5.29. The Morgan fingerprint density at radius 3 is 1.62 bits per heavy atom. The van der Waals surface area contributed by atoms with Gasteiger partial charge in [0.1, 0.15) is 5.52 Å². The van der Waals surface area contributed by atoms with Crippen LogP contribution >= 0.6 is 93.7 Å². The van der Waals surface area contributed by atoms with Crippen molar-refractivity contribution in [1.82, 2.24) is 39.0 Å². The molecule has 16 nitrogen and oxygen atoms in total. The second-order valence-corrected chi connectivity index (χ2v) is 22.6. The maximum Gasteiger partial charge on any atom is 0.226 e. The normalized spacial score (nSPS) is 12.9. The number of unbranched alkanes of at least 4 members (excludes halogenated alkanes) is 2. The quantitative estimate of drug-likeness (QED) is 0.0242. The van der Waals surface area contributed by atoms with Crippen molar-refractivity contribution in [2.45, 2.75) is 83.1 Å². The van der Waals surface area contributed by atoms with Gasteiger partial charge in [0.2, 0.25) is 26.6 Å². The summed E-state index contributed by atoms with van der Waals surface area (Å²) in [6.07, 6.45) is 6.78. The van der Waals surface area contributed by atoms with E-state index in [0.29, 0.717) is 89.2 Å². The molecule has 358 valence electrons. The maximum atomic E-state index is 12.5. The Bertz CT molecular complexity index is 2500. The SMILES string of the molecule is BrBr.CCCCNc1nc(N)c2nc(Br)n(Cc3cccc(CP(C)(=O)OCC)c3)c2n1.CCCCNc1nc(N)c2ncn(Cc3cccc(CP(C)(=O)OCC)c3)c2n1.ClC(Cl)Cl. The Kier molecular flexibility index (Phi) is 25.0. The summed E-state index contributed by atoms with van der Waals surface area (Å²) in [6, 6.07) is 16.0. The van der Waals surface area contributed by atoms with E-state index in [1.54, 1.807) is 19.7 Å². The fourth-order valence-electron chi connectivity index (χ4n) is 6.46. The van der Waals surface area contributed by atoms with Gasteiger partial charge in [0, 0.05) is 67.0 Å². The minimum atomic E-state index is -2.65. The first-order chi connectivity index (χ1) is 31.0. The van der Waals surface area contributed by atoms with Crippen LogP contribution in [-0.4, -0.2) is 83.0 Å². The second-order valence-electron chi connectivity index (χ2n) is 14.7. The number of aromatic nitrogens is 8. The molecule has 6 aromatic rings. The summed E-state index contributed by atoms with van der Waals surface area (Å²) in [4.78, 5) is 26.7. The van der Waals surface area contributed by atoms with Gasteiger partial charge < -0.3 is 35.7 Å². The Morgan fingerprint density at radius 1 is 0.692 bits per heavy atom. The van der Waals surface area contributed by atoms with Crippen LogP contribution < -0.4 is 22.1 Å². The number of halogens is 6. The van der Waals surface area contributed by atoms with Gasteiger partial charge in [0.05, 0.1) is 32.6 Å². The predicted octanol–water partition coefficient (Wildman–Crippen LogP) is 12.7. The number of anilines is 4. The number of hydrogen-bond donors (Lipinski definition) is 4. The summed E-state index contributed by atoms with van der Waals surface area (Å²) in [6.45, 7) is 14.9. The third-order valence-corrected chi connectivity index (χ3v) is 13.2. The molecule has 0 saturated carbocycles. The largest absolute Gasteiger partial charge is 0.382 e. The van der Waals surface area contributed by atoms with E-state index in [1.807, 2.05) is 71.5 Å². The average molecular weight is 1190 g/mol. The summed E-state index contributed by atoms with van der Waals surface area (Å²) >= 11 is 23.4. The lowest BCUT2D eigenvalue weighted by Crippen LogP contribution is -2.09. The molecule has 6 N–H and O–H groups in total. The molecule has 0 bridgehead atoms. The third-order valence-electron chi connectivity index (χ3n) is 9.11. The van der Waals surface area contributed by atoms with Crippen LogP contribution in [0.1, 0.15) is 75.6 Å². The second kappa shape index (κ2) is 28.7. The highest BCUT2D eigenvalue weighted by molar-refractivity contribution is 9.93. The fraction of sp³-hybridized carbons (Fsp3) is 0.463. The summed E-state index contributed by atoms with van der Waals surface area (Å²) < 4.78 is 39.6. The van der Waals surface area contributed by atoms with Crippen LogP contribution in [0.4, 0.5) is 23.5 Å². The molecule has 2 unspecified atom stereocenters. The van der Waals surface area contributed by atoms with Crippen molar-refractivity contribution in [1.29, 1.82) is 0 Å². The number of nitrogens with two attached hydrogens (primary N) is 2. The zero-order chi connectivity index (χ0) is 48.2. The van der Waals surface area contributed by atoms with Gasteiger partial charge in [0.25, 0.3) is 0 Å². The monoisotopic (exact) mass is 1190 g/mol. The van der Waals surface area contributed by atoms with E-state index in [0.717, 1.165) is 61.0 Å². The average Bonchev–Trinajstić information content (AvgIpc) is 3.78. The number of nitrogens with zero attached hydrogens (tertiary/aromatic N) is 8. The number of nitrogens with one attached hydrogen (secondary N) is 2. The number of benzene rings is 2. The van der Waals surface area contributed by atoms with Gasteiger partial charge >= 0.3 is 0 Å². The molecule has 0 aliphatic carbocycles. The maximum absolute atomic E-state index is 12.5. The molecular weight excluding hydrogens is 1130 g/mol. The molecule has 0 aliphatic rings. The van der Waals surface area contributed by atoms with Gasteiger partial charge in [-0.2, -0.15) is 19.9 Å². The van der Waals surface area contributed by atoms with Crippen LogP contribution in [0, 0.1) is 0 Å². The third kappa shape index (κ3) is 19.2. The first-order valence-electron chi connectivity index (χ1n) is 20.8. The van der Waals surface area contributed by atoms with E-state index in [9.17, 15) is 9.13 Å².